The van der Waals surface area contributed by atoms with E-state index >= 15 is 0 Å². The van der Waals surface area contributed by atoms with Gasteiger partial charge in [-0.1, -0.05) is 20.8 Å². The zero-order chi connectivity index (χ0) is 34.1. The lowest BCUT2D eigenvalue weighted by Crippen LogP contribution is -2.72. The Hall–Kier alpha value is -2.32. The fourth-order valence-corrected chi connectivity index (χ4v) is 13.0. The highest BCUT2D eigenvalue weighted by atomic mass is 16.8. The Morgan fingerprint density at radius 3 is 2.04 bits per heavy atom. The Balaban J connectivity index is 1.40. The molecule has 260 valence electrons. The molecule has 47 heavy (non-hydrogen) atoms. The molecule has 8 fully saturated rings. The van der Waals surface area contributed by atoms with Crippen LogP contribution in [0.25, 0.3) is 0 Å². The van der Waals surface area contributed by atoms with Crippen molar-refractivity contribution >= 4 is 23.9 Å². The highest BCUT2D eigenvalue weighted by molar-refractivity contribution is 5.84. The summed E-state index contributed by atoms with van der Waals surface area (Å²) in [4.78, 5) is 52.5. The Kier molecular flexibility index (Phi) is 6.29. The Morgan fingerprint density at radius 2 is 1.43 bits per heavy atom. The van der Waals surface area contributed by atoms with Crippen LogP contribution in [0.5, 0.6) is 0 Å². The molecule has 3 aliphatic heterocycles. The third-order valence-electron chi connectivity index (χ3n) is 14.9. The number of fused-ring (bicyclic) bond motifs is 9. The number of aliphatic hydroxyl groups is 3. The second kappa shape index (κ2) is 9.26. The highest BCUT2D eigenvalue weighted by Crippen LogP contribution is 2.81. The highest BCUT2D eigenvalue weighted by Gasteiger charge is 2.93. The molecule has 0 amide bonds. The summed E-state index contributed by atoms with van der Waals surface area (Å²) in [6, 6.07) is 0. The van der Waals surface area contributed by atoms with Gasteiger partial charge in [-0.2, -0.15) is 0 Å². The van der Waals surface area contributed by atoms with E-state index in [1.54, 1.807) is 6.92 Å². The number of carbonyl (C=O) groups is 4. The first-order valence-electron chi connectivity index (χ1n) is 17.0. The van der Waals surface area contributed by atoms with Crippen molar-refractivity contribution in [3.8, 4) is 0 Å². The summed E-state index contributed by atoms with van der Waals surface area (Å²) in [6.07, 6.45) is -5.42. The number of aliphatic hydroxyl groups excluding tert-OH is 2. The SMILES string of the molecule is CC(=O)O[C@H]1[C@@H]2[C@H]([C@H](C)[C@H]3O[C@]34OC(=O)[C@@](C)(O)[C@]24C)[C@]2(C)[C@@H]1C1C([C@H](OC(C)=O)[C@@H]2OC(C)=O)[C@]2(C)[C@H](C[C@@H]3O[C@@H]3[C@@H]2O)C[C@@H]1O. The maximum atomic E-state index is 13.4. The molecule has 3 N–H and O–H groups in total. The van der Waals surface area contributed by atoms with Crippen LogP contribution < -0.4 is 0 Å². The van der Waals surface area contributed by atoms with E-state index in [0.29, 0.717) is 12.8 Å². The second-order valence-electron chi connectivity index (χ2n) is 16.6. The second-order valence-corrected chi connectivity index (χ2v) is 16.6. The van der Waals surface area contributed by atoms with Crippen molar-refractivity contribution in [3.63, 3.8) is 0 Å². The van der Waals surface area contributed by atoms with Gasteiger partial charge in [0, 0.05) is 49.4 Å². The molecule has 13 nitrogen and oxygen atoms in total. The Morgan fingerprint density at radius 1 is 0.830 bits per heavy atom. The zero-order valence-corrected chi connectivity index (χ0v) is 28.0. The average molecular weight is 663 g/mol. The summed E-state index contributed by atoms with van der Waals surface area (Å²) in [6.45, 7) is 12.8. The fourth-order valence-electron chi connectivity index (χ4n) is 13.0. The van der Waals surface area contributed by atoms with Gasteiger partial charge in [-0.25, -0.2) is 4.79 Å². The van der Waals surface area contributed by atoms with Crippen molar-refractivity contribution in [1.82, 2.24) is 0 Å². The van der Waals surface area contributed by atoms with Crippen LogP contribution in [0.4, 0.5) is 0 Å². The minimum atomic E-state index is -2.06. The van der Waals surface area contributed by atoms with E-state index in [1.165, 1.54) is 27.7 Å². The average Bonchev–Trinajstić information content (AvgIpc) is 3.86. The first-order valence-corrected chi connectivity index (χ1v) is 17.0. The number of ether oxygens (including phenoxy) is 6. The Bertz CT molecular complexity index is 1460. The number of rotatable bonds is 3. The van der Waals surface area contributed by atoms with Gasteiger partial charge < -0.3 is 43.7 Å². The molecule has 8 aliphatic rings. The molecule has 1 spiro atoms. The quantitative estimate of drug-likeness (QED) is 0.219. The van der Waals surface area contributed by atoms with Gasteiger partial charge >= 0.3 is 23.9 Å². The molecule has 3 heterocycles. The van der Waals surface area contributed by atoms with E-state index in [2.05, 4.69) is 0 Å². The van der Waals surface area contributed by atoms with Crippen LogP contribution in [-0.2, 0) is 47.6 Å². The van der Waals surface area contributed by atoms with Crippen molar-refractivity contribution < 1.29 is 62.9 Å². The fraction of sp³-hybridized carbons (Fsp3) is 0.882. The molecular formula is C34H46O13. The molecule has 0 aromatic carbocycles. The largest absolute Gasteiger partial charge is 0.462 e. The van der Waals surface area contributed by atoms with E-state index in [9.17, 15) is 34.5 Å². The molecule has 2 unspecified atom stereocenters. The molecule has 0 aromatic heterocycles. The zero-order valence-electron chi connectivity index (χ0n) is 28.0. The molecule has 8 rings (SSSR count). The van der Waals surface area contributed by atoms with Crippen molar-refractivity contribution in [2.24, 2.45) is 57.7 Å². The van der Waals surface area contributed by atoms with E-state index in [4.69, 9.17) is 28.4 Å². The molecular weight excluding hydrogens is 616 g/mol. The van der Waals surface area contributed by atoms with Crippen LogP contribution in [0.3, 0.4) is 0 Å². The standard InChI is InChI=1S/C34H46O13/c1-11-19-22(32(7)33(8,41)29(40)47-34(32)27(11)46-34)24(42-12(2)35)20-18-16(38)9-15-10-17-23(45-17)26(39)30(15,5)21(18)25(43-13(3)36)28(31(19,20)6)44-14(4)37/h11,15-28,38-39,41H,9-10H2,1-8H3/t11-,15-,16-,17-,18?,19-,20+,21?,22-,23-,24+,25-,26-,27+,28-,30-,31+,32-,33+,34-/m0/s1. The van der Waals surface area contributed by atoms with Crippen LogP contribution in [0.15, 0.2) is 0 Å². The van der Waals surface area contributed by atoms with Gasteiger partial charge in [0.15, 0.2) is 5.60 Å². The molecule has 20 atom stereocenters. The van der Waals surface area contributed by atoms with E-state index in [1.807, 2.05) is 20.8 Å². The van der Waals surface area contributed by atoms with Crippen LogP contribution in [-0.4, -0.2) is 99.4 Å². The van der Waals surface area contributed by atoms with Crippen molar-refractivity contribution in [1.29, 1.82) is 0 Å². The minimum absolute atomic E-state index is 0.133. The van der Waals surface area contributed by atoms with Gasteiger partial charge in [0.05, 0.1) is 23.7 Å². The Labute approximate surface area is 272 Å². The van der Waals surface area contributed by atoms with Gasteiger partial charge in [-0.05, 0) is 50.4 Å². The van der Waals surface area contributed by atoms with Crippen LogP contribution in [0, 0.1) is 57.7 Å². The normalized spacial score (nSPS) is 60.6. The predicted molar refractivity (Wildman–Crippen MR) is 155 cm³/mol. The lowest BCUT2D eigenvalue weighted by atomic mass is 9.41. The molecule has 13 heteroatoms. The number of carbonyl (C=O) groups excluding carboxylic acids is 4. The van der Waals surface area contributed by atoms with Crippen molar-refractivity contribution in [3.05, 3.63) is 0 Å². The molecule has 3 saturated heterocycles. The van der Waals surface area contributed by atoms with E-state index < -0.39 is 124 Å². The summed E-state index contributed by atoms with van der Waals surface area (Å²) in [7, 11) is 0. The van der Waals surface area contributed by atoms with Gasteiger partial charge in [0.25, 0.3) is 0 Å². The maximum absolute atomic E-state index is 13.4. The minimum Gasteiger partial charge on any atom is -0.462 e. The summed E-state index contributed by atoms with van der Waals surface area (Å²) in [5.74, 6) is -8.25. The van der Waals surface area contributed by atoms with Crippen molar-refractivity contribution in [2.75, 3.05) is 0 Å². The molecule has 0 bridgehead atoms. The first-order chi connectivity index (χ1) is 21.8. The van der Waals surface area contributed by atoms with Crippen LogP contribution in [0.2, 0.25) is 0 Å². The monoisotopic (exact) mass is 662 g/mol. The van der Waals surface area contributed by atoms with Gasteiger partial charge in [-0.3, -0.25) is 14.4 Å². The first kappa shape index (κ1) is 31.9. The smallest absolute Gasteiger partial charge is 0.341 e. The summed E-state index contributed by atoms with van der Waals surface area (Å²) >= 11 is 0. The summed E-state index contributed by atoms with van der Waals surface area (Å²) in [5.41, 5.74) is -5.59. The predicted octanol–water partition coefficient (Wildman–Crippen LogP) is 0.874. The van der Waals surface area contributed by atoms with Gasteiger partial charge in [-0.15, -0.1) is 0 Å². The number of epoxide rings is 2. The van der Waals surface area contributed by atoms with Crippen LogP contribution >= 0.6 is 0 Å². The third-order valence-corrected chi connectivity index (χ3v) is 14.9. The lowest BCUT2D eigenvalue weighted by molar-refractivity contribution is -0.280. The van der Waals surface area contributed by atoms with Crippen LogP contribution in [0.1, 0.15) is 68.2 Å². The molecule has 5 aliphatic carbocycles. The maximum Gasteiger partial charge on any atom is 0.341 e. The molecule has 0 radical (unpaired) electrons. The number of hydrogen-bond donors (Lipinski definition) is 3. The topological polar surface area (TPSA) is 191 Å². The summed E-state index contributed by atoms with van der Waals surface area (Å²) < 4.78 is 36.8. The number of hydrogen-bond acceptors (Lipinski definition) is 13. The van der Waals surface area contributed by atoms with E-state index in [0.717, 1.165) is 0 Å². The van der Waals surface area contributed by atoms with E-state index in [-0.39, 0.29) is 17.9 Å². The third kappa shape index (κ3) is 3.48. The number of esters is 4. The molecule has 0 aromatic rings. The van der Waals surface area contributed by atoms with Gasteiger partial charge in [0.2, 0.25) is 5.79 Å². The summed E-state index contributed by atoms with van der Waals surface area (Å²) in [5, 5.41) is 36.2. The molecule has 5 saturated carbocycles. The van der Waals surface area contributed by atoms with Crippen molar-refractivity contribution in [2.45, 2.75) is 128 Å². The lowest BCUT2D eigenvalue weighted by Gasteiger charge is -2.65. The van der Waals surface area contributed by atoms with Gasteiger partial charge in [0.1, 0.15) is 30.5 Å².